The zero-order valence-corrected chi connectivity index (χ0v) is 13.1. The molecule has 0 saturated heterocycles. The number of carbonyl (C=O) groups excluding carboxylic acids is 1. The maximum Gasteiger partial charge on any atom is 0.303 e. The van der Waals surface area contributed by atoms with E-state index in [0.717, 1.165) is 24.2 Å². The van der Waals surface area contributed by atoms with Gasteiger partial charge in [0, 0.05) is 18.3 Å². The lowest BCUT2D eigenvalue weighted by Crippen LogP contribution is -2.00. The highest BCUT2D eigenvalue weighted by atomic mass is 32.7. The summed E-state index contributed by atoms with van der Waals surface area (Å²) in [4.78, 5) is 11.9. The predicted molar refractivity (Wildman–Crippen MR) is 80.6 cm³/mol. The van der Waals surface area contributed by atoms with E-state index in [1.165, 1.54) is 11.4 Å². The van der Waals surface area contributed by atoms with E-state index in [2.05, 4.69) is 0 Å². The molecule has 0 N–H and O–H groups in total. The maximum absolute atomic E-state index is 12.7. The van der Waals surface area contributed by atoms with Crippen molar-refractivity contribution in [1.82, 2.24) is 0 Å². The Morgan fingerprint density at radius 2 is 2.11 bits per heavy atom. The summed E-state index contributed by atoms with van der Waals surface area (Å²) in [5.74, 6) is 1.37. The lowest BCUT2D eigenvalue weighted by Gasteiger charge is -2.19. The molecular formula is C14H19O3PS. The number of benzene rings is 1. The molecule has 0 aromatic heterocycles. The van der Waals surface area contributed by atoms with Gasteiger partial charge in [-0.15, -0.1) is 0 Å². The van der Waals surface area contributed by atoms with Crippen molar-refractivity contribution in [1.29, 1.82) is 0 Å². The van der Waals surface area contributed by atoms with E-state index in [9.17, 15) is 9.36 Å². The molecule has 0 bridgehead atoms. The van der Waals surface area contributed by atoms with Crippen molar-refractivity contribution in [3.05, 3.63) is 29.3 Å². The molecule has 1 aromatic rings. The van der Waals surface area contributed by atoms with E-state index in [1.807, 2.05) is 26.0 Å². The van der Waals surface area contributed by atoms with Gasteiger partial charge in [0.05, 0.1) is 5.56 Å². The number of hydrogen-bond donors (Lipinski definition) is 0. The molecule has 0 amide bonds. The second-order valence-corrected chi connectivity index (χ2v) is 9.69. The molecule has 1 aromatic carbocycles. The Labute approximate surface area is 118 Å². The van der Waals surface area contributed by atoms with E-state index in [4.69, 9.17) is 4.52 Å². The monoisotopic (exact) mass is 298 g/mol. The summed E-state index contributed by atoms with van der Waals surface area (Å²) in [6.07, 6.45) is 2.66. The highest BCUT2D eigenvalue weighted by Gasteiger charge is 2.29. The lowest BCUT2D eigenvalue weighted by atomic mass is 10.1. The molecule has 1 atom stereocenters. The molecule has 19 heavy (non-hydrogen) atoms. The van der Waals surface area contributed by atoms with Gasteiger partial charge in [-0.3, -0.25) is 9.36 Å². The van der Waals surface area contributed by atoms with Gasteiger partial charge in [0.15, 0.2) is 5.78 Å². The van der Waals surface area contributed by atoms with Gasteiger partial charge in [-0.2, -0.15) is 0 Å². The highest BCUT2D eigenvalue weighted by molar-refractivity contribution is 8.56. The summed E-state index contributed by atoms with van der Waals surface area (Å²) < 4.78 is 18.5. The van der Waals surface area contributed by atoms with Crippen molar-refractivity contribution in [3.63, 3.8) is 0 Å². The van der Waals surface area contributed by atoms with E-state index >= 15 is 0 Å². The molecule has 0 aliphatic heterocycles. The molecule has 5 heteroatoms. The third-order valence-electron chi connectivity index (χ3n) is 3.07. The van der Waals surface area contributed by atoms with Crippen LogP contribution < -0.4 is 4.52 Å². The Morgan fingerprint density at radius 3 is 2.79 bits per heavy atom. The number of ketones is 1. The van der Waals surface area contributed by atoms with Crippen LogP contribution in [0.3, 0.4) is 0 Å². The molecule has 0 radical (unpaired) electrons. The molecule has 0 heterocycles. The first-order chi connectivity index (χ1) is 9.09. The van der Waals surface area contributed by atoms with Gasteiger partial charge in [0.25, 0.3) is 0 Å². The maximum atomic E-state index is 12.7. The van der Waals surface area contributed by atoms with Crippen LogP contribution in [-0.4, -0.2) is 17.7 Å². The summed E-state index contributed by atoms with van der Waals surface area (Å²) >= 11 is 1.37. The van der Waals surface area contributed by atoms with Crippen LogP contribution in [0.2, 0.25) is 0 Å². The van der Waals surface area contributed by atoms with Crippen LogP contribution in [0.15, 0.2) is 18.2 Å². The van der Waals surface area contributed by atoms with Crippen molar-refractivity contribution < 1.29 is 13.9 Å². The first-order valence-electron chi connectivity index (χ1n) is 6.68. The second kappa shape index (κ2) is 6.15. The number of hydrogen-bond acceptors (Lipinski definition) is 4. The first-order valence-corrected chi connectivity index (χ1v) is 10.1. The Balaban J connectivity index is 2.30. The first kappa shape index (κ1) is 14.7. The van der Waals surface area contributed by atoms with Gasteiger partial charge in [-0.05, 0) is 24.5 Å². The van der Waals surface area contributed by atoms with E-state index < -0.39 is 6.57 Å². The molecule has 1 aliphatic rings. The number of aryl methyl sites for hydroxylation is 1. The minimum Gasteiger partial charge on any atom is -0.435 e. The molecule has 1 aliphatic carbocycles. The van der Waals surface area contributed by atoms with Gasteiger partial charge in [0.1, 0.15) is 5.75 Å². The SMILES string of the molecule is CCCP(=O)(Oc1cccc2c1C(=O)CC2)SCC. The third-order valence-corrected chi connectivity index (χ3v) is 7.92. The molecule has 104 valence electrons. The van der Waals surface area contributed by atoms with Crippen LogP contribution in [0.5, 0.6) is 5.75 Å². The van der Waals surface area contributed by atoms with Crippen LogP contribution in [0.4, 0.5) is 0 Å². The number of fused-ring (bicyclic) bond motifs is 1. The van der Waals surface area contributed by atoms with Crippen LogP contribution in [0.25, 0.3) is 0 Å². The largest absolute Gasteiger partial charge is 0.435 e. The summed E-state index contributed by atoms with van der Waals surface area (Å²) in [5.41, 5.74) is 1.67. The second-order valence-electron chi connectivity index (χ2n) is 4.56. The average molecular weight is 298 g/mol. The third kappa shape index (κ3) is 3.24. The van der Waals surface area contributed by atoms with Crippen LogP contribution in [0, 0.1) is 0 Å². The van der Waals surface area contributed by atoms with Crippen molar-refractivity contribution in [2.24, 2.45) is 0 Å². The van der Waals surface area contributed by atoms with Crippen molar-refractivity contribution >= 4 is 23.7 Å². The summed E-state index contributed by atoms with van der Waals surface area (Å²) in [6, 6.07) is 5.59. The van der Waals surface area contributed by atoms with Crippen molar-refractivity contribution in [3.8, 4) is 5.75 Å². The minimum absolute atomic E-state index is 0.107. The molecule has 0 fully saturated rings. The minimum atomic E-state index is -2.74. The highest BCUT2D eigenvalue weighted by Crippen LogP contribution is 2.60. The van der Waals surface area contributed by atoms with Gasteiger partial charge in [-0.25, -0.2) is 0 Å². The fourth-order valence-electron chi connectivity index (χ4n) is 2.31. The zero-order chi connectivity index (χ0) is 13.9. The molecule has 0 saturated carbocycles. The van der Waals surface area contributed by atoms with E-state index in [1.54, 1.807) is 6.07 Å². The van der Waals surface area contributed by atoms with E-state index in [0.29, 0.717) is 23.9 Å². The lowest BCUT2D eigenvalue weighted by molar-refractivity contribution is 0.0993. The van der Waals surface area contributed by atoms with Crippen LogP contribution in [-0.2, 0) is 11.0 Å². The van der Waals surface area contributed by atoms with Gasteiger partial charge in [-0.1, -0.05) is 37.4 Å². The average Bonchev–Trinajstić information content (AvgIpc) is 2.73. The zero-order valence-electron chi connectivity index (χ0n) is 11.3. The summed E-state index contributed by atoms with van der Waals surface area (Å²) in [7, 11) is 0. The van der Waals surface area contributed by atoms with Crippen LogP contribution >= 0.6 is 18.0 Å². The molecule has 2 rings (SSSR count). The molecule has 0 spiro atoms. The van der Waals surface area contributed by atoms with Crippen LogP contribution in [0.1, 0.15) is 42.6 Å². The number of carbonyl (C=O) groups is 1. The van der Waals surface area contributed by atoms with Crippen molar-refractivity contribution in [2.75, 3.05) is 11.9 Å². The van der Waals surface area contributed by atoms with Crippen molar-refractivity contribution in [2.45, 2.75) is 33.1 Å². The quantitative estimate of drug-likeness (QED) is 0.723. The molecular weight excluding hydrogens is 279 g/mol. The molecule has 3 nitrogen and oxygen atoms in total. The van der Waals surface area contributed by atoms with Gasteiger partial charge < -0.3 is 4.52 Å². The Bertz CT molecular complexity index is 517. The Hall–Kier alpha value is -0.730. The predicted octanol–water partition coefficient (Wildman–Crippen LogP) is 4.55. The Kier molecular flexibility index (Phi) is 4.75. The fraction of sp³-hybridized carbons (Fsp3) is 0.500. The summed E-state index contributed by atoms with van der Waals surface area (Å²) in [6.45, 7) is 1.23. The number of rotatable bonds is 6. The van der Waals surface area contributed by atoms with E-state index in [-0.39, 0.29) is 5.78 Å². The molecule has 1 unspecified atom stereocenters. The Morgan fingerprint density at radius 1 is 1.32 bits per heavy atom. The normalized spacial score (nSPS) is 17.1. The smallest absolute Gasteiger partial charge is 0.303 e. The number of Topliss-reactive ketones (excluding diaryl/α,β-unsaturated/α-hetero) is 1. The topological polar surface area (TPSA) is 43.4 Å². The summed E-state index contributed by atoms with van der Waals surface area (Å²) in [5, 5.41) is 0. The van der Waals surface area contributed by atoms with Gasteiger partial charge >= 0.3 is 6.57 Å². The van der Waals surface area contributed by atoms with Gasteiger partial charge in [0.2, 0.25) is 0 Å². The fourth-order valence-corrected chi connectivity index (χ4v) is 6.49. The standard InChI is InChI=1S/C14H19O3PS/c1-3-10-18(16,19-4-2)17-13-7-5-6-11-8-9-12(15)14(11)13/h5-7H,3-4,8-10H2,1-2H3.